The molecule has 0 amide bonds. The second kappa shape index (κ2) is 4.94. The Balaban J connectivity index is 1.95. The Morgan fingerprint density at radius 1 is 1.38 bits per heavy atom. The number of aromatic nitrogens is 1. The Kier molecular flexibility index (Phi) is 3.36. The Bertz CT molecular complexity index is 482. The van der Waals surface area contributed by atoms with Gasteiger partial charge in [-0.2, -0.15) is 0 Å². The number of pyridine rings is 1. The maximum Gasteiger partial charge on any atom is 0.374 e. The van der Waals surface area contributed by atoms with Crippen LogP contribution in [0.4, 0.5) is 0 Å². The summed E-state index contributed by atoms with van der Waals surface area (Å²) in [5.74, 6) is -0.304. The van der Waals surface area contributed by atoms with Gasteiger partial charge in [0.2, 0.25) is 5.76 Å². The lowest BCUT2D eigenvalue weighted by atomic mass is 10.4. The van der Waals surface area contributed by atoms with E-state index in [2.05, 4.69) is 20.9 Å². The van der Waals surface area contributed by atoms with Crippen LogP contribution in [-0.2, 0) is 11.3 Å². The van der Waals surface area contributed by atoms with Crippen molar-refractivity contribution in [2.45, 2.75) is 6.61 Å². The highest BCUT2D eigenvalue weighted by atomic mass is 79.9. The lowest BCUT2D eigenvalue weighted by Gasteiger charge is -2.02. The van der Waals surface area contributed by atoms with Gasteiger partial charge in [-0.15, -0.1) is 0 Å². The maximum absolute atomic E-state index is 11.4. The molecule has 0 radical (unpaired) electrons. The standard InChI is InChI=1S/C11H8BrNO3/c12-10-5-1-3-8(13-10)7-16-11(14)9-4-2-6-15-9/h1-6H,7H2. The van der Waals surface area contributed by atoms with Crippen LogP contribution in [0.25, 0.3) is 0 Å². The van der Waals surface area contributed by atoms with Crippen LogP contribution in [0, 0.1) is 0 Å². The summed E-state index contributed by atoms with van der Waals surface area (Å²) >= 11 is 3.24. The molecule has 82 valence electrons. The van der Waals surface area contributed by atoms with Gasteiger partial charge in [0.25, 0.3) is 0 Å². The molecule has 2 aromatic rings. The molecule has 0 bridgehead atoms. The van der Waals surface area contributed by atoms with Gasteiger partial charge < -0.3 is 9.15 Å². The van der Waals surface area contributed by atoms with E-state index in [1.54, 1.807) is 24.3 Å². The summed E-state index contributed by atoms with van der Waals surface area (Å²) in [4.78, 5) is 15.5. The average molecular weight is 282 g/mol. The third-order valence-electron chi connectivity index (χ3n) is 1.85. The Labute approximate surface area is 100 Å². The minimum absolute atomic E-state index is 0.124. The Hall–Kier alpha value is -1.62. The molecule has 0 spiro atoms. The van der Waals surface area contributed by atoms with E-state index in [9.17, 15) is 4.79 Å². The first-order chi connectivity index (χ1) is 7.75. The zero-order valence-electron chi connectivity index (χ0n) is 8.22. The van der Waals surface area contributed by atoms with Gasteiger partial charge in [-0.05, 0) is 40.2 Å². The molecule has 4 nitrogen and oxygen atoms in total. The van der Waals surface area contributed by atoms with Gasteiger partial charge in [-0.25, -0.2) is 9.78 Å². The Morgan fingerprint density at radius 2 is 2.25 bits per heavy atom. The van der Waals surface area contributed by atoms with Crippen molar-refractivity contribution in [3.05, 3.63) is 52.7 Å². The summed E-state index contributed by atoms with van der Waals surface area (Å²) < 4.78 is 10.6. The molecular weight excluding hydrogens is 274 g/mol. The zero-order valence-corrected chi connectivity index (χ0v) is 9.81. The minimum Gasteiger partial charge on any atom is -0.457 e. The van der Waals surface area contributed by atoms with Crippen molar-refractivity contribution in [1.29, 1.82) is 0 Å². The molecule has 0 unspecified atom stereocenters. The smallest absolute Gasteiger partial charge is 0.374 e. The van der Waals surface area contributed by atoms with Crippen LogP contribution in [0.15, 0.2) is 45.6 Å². The molecule has 16 heavy (non-hydrogen) atoms. The molecule has 5 heteroatoms. The second-order valence-corrected chi connectivity index (χ2v) is 3.82. The first-order valence-corrected chi connectivity index (χ1v) is 5.37. The van der Waals surface area contributed by atoms with E-state index in [-0.39, 0.29) is 12.4 Å². The largest absolute Gasteiger partial charge is 0.457 e. The molecule has 2 aromatic heterocycles. The molecular formula is C11H8BrNO3. The molecule has 0 atom stereocenters. The van der Waals surface area contributed by atoms with E-state index < -0.39 is 5.97 Å². The van der Waals surface area contributed by atoms with Crippen LogP contribution >= 0.6 is 15.9 Å². The first-order valence-electron chi connectivity index (χ1n) is 4.58. The predicted octanol–water partition coefficient (Wildman–Crippen LogP) is 2.79. The van der Waals surface area contributed by atoms with Gasteiger partial charge >= 0.3 is 5.97 Å². The van der Waals surface area contributed by atoms with Crippen LogP contribution in [0.5, 0.6) is 0 Å². The van der Waals surface area contributed by atoms with Crippen LogP contribution in [0.1, 0.15) is 16.2 Å². The molecule has 0 aliphatic heterocycles. The Morgan fingerprint density at radius 3 is 2.94 bits per heavy atom. The van der Waals surface area contributed by atoms with Gasteiger partial charge in [0.05, 0.1) is 12.0 Å². The average Bonchev–Trinajstić information content (AvgIpc) is 2.79. The minimum atomic E-state index is -0.494. The van der Waals surface area contributed by atoms with E-state index in [1.807, 2.05) is 6.07 Å². The van der Waals surface area contributed by atoms with Crippen LogP contribution in [0.3, 0.4) is 0 Å². The van der Waals surface area contributed by atoms with Crippen molar-refractivity contribution in [1.82, 2.24) is 4.98 Å². The SMILES string of the molecule is O=C(OCc1cccc(Br)n1)c1ccco1. The fourth-order valence-corrected chi connectivity index (χ4v) is 1.52. The summed E-state index contributed by atoms with van der Waals surface area (Å²) in [7, 11) is 0. The van der Waals surface area contributed by atoms with Crippen molar-refractivity contribution in [2.75, 3.05) is 0 Å². The summed E-state index contributed by atoms with van der Waals surface area (Å²) in [6.07, 6.45) is 1.42. The topological polar surface area (TPSA) is 52.3 Å². The quantitative estimate of drug-likeness (QED) is 0.641. The van der Waals surface area contributed by atoms with Crippen molar-refractivity contribution in [2.24, 2.45) is 0 Å². The monoisotopic (exact) mass is 281 g/mol. The van der Waals surface area contributed by atoms with Crippen molar-refractivity contribution in [3.63, 3.8) is 0 Å². The van der Waals surface area contributed by atoms with E-state index in [1.165, 1.54) is 6.26 Å². The van der Waals surface area contributed by atoms with E-state index in [4.69, 9.17) is 9.15 Å². The maximum atomic E-state index is 11.4. The van der Waals surface area contributed by atoms with E-state index >= 15 is 0 Å². The lowest BCUT2D eigenvalue weighted by molar-refractivity contribution is 0.0431. The number of rotatable bonds is 3. The predicted molar refractivity (Wildman–Crippen MR) is 59.8 cm³/mol. The number of ether oxygens (including phenoxy) is 1. The summed E-state index contributed by atoms with van der Waals surface area (Å²) in [6.45, 7) is 0.124. The van der Waals surface area contributed by atoms with Crippen LogP contribution in [0.2, 0.25) is 0 Å². The molecule has 0 saturated heterocycles. The number of carbonyl (C=O) groups is 1. The van der Waals surface area contributed by atoms with Crippen molar-refractivity contribution in [3.8, 4) is 0 Å². The number of halogens is 1. The van der Waals surface area contributed by atoms with E-state index in [0.717, 1.165) is 0 Å². The van der Waals surface area contributed by atoms with Crippen molar-refractivity contribution >= 4 is 21.9 Å². The fraction of sp³-hybridized carbons (Fsp3) is 0.0909. The molecule has 2 rings (SSSR count). The normalized spacial score (nSPS) is 10.1. The number of nitrogens with zero attached hydrogens (tertiary/aromatic N) is 1. The number of esters is 1. The number of hydrogen-bond donors (Lipinski definition) is 0. The van der Waals surface area contributed by atoms with E-state index in [0.29, 0.717) is 10.3 Å². The number of furan rings is 1. The number of hydrogen-bond acceptors (Lipinski definition) is 4. The van der Waals surface area contributed by atoms with Gasteiger partial charge in [0.1, 0.15) is 11.2 Å². The van der Waals surface area contributed by atoms with Crippen LogP contribution in [-0.4, -0.2) is 11.0 Å². The molecule has 0 N–H and O–H groups in total. The fourth-order valence-electron chi connectivity index (χ4n) is 1.14. The molecule has 2 heterocycles. The summed E-state index contributed by atoms with van der Waals surface area (Å²) in [5, 5.41) is 0. The molecule has 0 aliphatic rings. The highest BCUT2D eigenvalue weighted by Crippen LogP contribution is 2.09. The van der Waals surface area contributed by atoms with Crippen molar-refractivity contribution < 1.29 is 13.9 Å². The molecule has 0 fully saturated rings. The third kappa shape index (κ3) is 2.70. The van der Waals surface area contributed by atoms with Gasteiger partial charge in [-0.1, -0.05) is 6.07 Å². The van der Waals surface area contributed by atoms with Gasteiger partial charge in [-0.3, -0.25) is 0 Å². The number of carbonyl (C=O) groups excluding carboxylic acids is 1. The zero-order chi connectivity index (χ0) is 11.4. The van der Waals surface area contributed by atoms with Gasteiger partial charge in [0.15, 0.2) is 0 Å². The second-order valence-electron chi connectivity index (χ2n) is 3.01. The van der Waals surface area contributed by atoms with Gasteiger partial charge in [0, 0.05) is 0 Å². The highest BCUT2D eigenvalue weighted by Gasteiger charge is 2.10. The highest BCUT2D eigenvalue weighted by molar-refractivity contribution is 9.10. The molecule has 0 saturated carbocycles. The summed E-state index contributed by atoms with van der Waals surface area (Å²) in [5.41, 5.74) is 0.675. The summed E-state index contributed by atoms with van der Waals surface area (Å²) in [6, 6.07) is 8.59. The molecule has 0 aliphatic carbocycles. The molecule has 0 aromatic carbocycles. The first kappa shape index (κ1) is 10.9. The third-order valence-corrected chi connectivity index (χ3v) is 2.29. The van der Waals surface area contributed by atoms with Crippen LogP contribution < -0.4 is 0 Å². The lowest BCUT2D eigenvalue weighted by Crippen LogP contribution is -2.04.